The first-order chi connectivity index (χ1) is 14.0. The Hall–Kier alpha value is -2.95. The maximum absolute atomic E-state index is 16.7. The fourth-order valence-corrected chi connectivity index (χ4v) is 4.39. The highest BCUT2D eigenvalue weighted by molar-refractivity contribution is 5.56. The number of nitrogens with two attached hydrogens (primary N) is 1. The molecule has 0 aliphatic carbocycles. The van der Waals surface area contributed by atoms with E-state index >= 15 is 4.39 Å². The lowest BCUT2D eigenvalue weighted by Crippen LogP contribution is -2.42. The van der Waals surface area contributed by atoms with Crippen molar-refractivity contribution in [2.24, 2.45) is 5.92 Å². The highest BCUT2D eigenvalue weighted by Gasteiger charge is 2.44. The summed E-state index contributed by atoms with van der Waals surface area (Å²) in [4.78, 5) is 1.65. The molecule has 1 aliphatic heterocycles. The van der Waals surface area contributed by atoms with E-state index in [4.69, 9.17) is 5.73 Å². The Morgan fingerprint density at radius 2 is 1.24 bits per heavy atom. The molecule has 0 unspecified atom stereocenters. The molecule has 2 nitrogen and oxygen atoms in total. The van der Waals surface area contributed by atoms with Gasteiger partial charge in [-0.1, -0.05) is 60.7 Å². The number of hydrogen-bond donors (Lipinski definition) is 1. The van der Waals surface area contributed by atoms with Crippen LogP contribution in [0.3, 0.4) is 0 Å². The molecule has 0 saturated carbocycles. The SMILES string of the molecule is Nc1cc(F)c(N2CCC(C(F)(c3ccccc3)c3ccccc3)CC2)c(F)c1. The number of piperidine rings is 1. The molecule has 0 aromatic heterocycles. The molecule has 1 saturated heterocycles. The average molecular weight is 396 g/mol. The summed E-state index contributed by atoms with van der Waals surface area (Å²) in [5.74, 6) is -1.67. The number of hydrogen-bond acceptors (Lipinski definition) is 2. The standard InChI is InChI=1S/C24H23F3N2/c25-21-15-20(28)16-22(26)23(21)29-13-11-19(12-14-29)24(27,17-7-3-1-4-8-17)18-9-5-2-6-10-18/h1-10,15-16,19H,11-14,28H2. The van der Waals surface area contributed by atoms with E-state index in [0.29, 0.717) is 37.1 Å². The Morgan fingerprint density at radius 3 is 1.69 bits per heavy atom. The molecule has 5 heteroatoms. The maximum Gasteiger partial charge on any atom is 0.163 e. The summed E-state index contributed by atoms with van der Waals surface area (Å²) in [7, 11) is 0. The van der Waals surface area contributed by atoms with Crippen molar-refractivity contribution < 1.29 is 13.2 Å². The van der Waals surface area contributed by atoms with Crippen molar-refractivity contribution in [3.05, 3.63) is 95.6 Å². The normalized spacial score (nSPS) is 15.5. The van der Waals surface area contributed by atoms with E-state index < -0.39 is 17.3 Å². The second kappa shape index (κ2) is 7.82. The number of halogens is 3. The quantitative estimate of drug-likeness (QED) is 0.575. The molecular formula is C24H23F3N2. The van der Waals surface area contributed by atoms with Gasteiger partial charge in [-0.15, -0.1) is 0 Å². The summed E-state index contributed by atoms with van der Waals surface area (Å²) in [6, 6.07) is 20.5. The van der Waals surface area contributed by atoms with Crippen LogP contribution in [-0.4, -0.2) is 13.1 Å². The van der Waals surface area contributed by atoms with Gasteiger partial charge in [0, 0.05) is 24.7 Å². The predicted octanol–water partition coefficient (Wildman–Crippen LogP) is 5.68. The van der Waals surface area contributed by atoms with Crippen LogP contribution in [-0.2, 0) is 5.67 Å². The lowest BCUT2D eigenvalue weighted by molar-refractivity contribution is 0.105. The number of anilines is 2. The van der Waals surface area contributed by atoms with Gasteiger partial charge in [0.25, 0.3) is 0 Å². The number of nitrogens with zero attached hydrogens (tertiary/aromatic N) is 1. The average Bonchev–Trinajstić information content (AvgIpc) is 2.74. The summed E-state index contributed by atoms with van der Waals surface area (Å²) in [6.45, 7) is 0.738. The minimum absolute atomic E-state index is 0.0505. The van der Waals surface area contributed by atoms with E-state index in [9.17, 15) is 8.78 Å². The molecule has 4 rings (SSSR count). The third-order valence-electron chi connectivity index (χ3n) is 5.80. The first kappa shape index (κ1) is 19.4. The smallest absolute Gasteiger partial charge is 0.163 e. The molecule has 0 radical (unpaired) electrons. The molecule has 1 fully saturated rings. The summed E-state index contributed by atoms with van der Waals surface area (Å²) in [5, 5.41) is 0. The van der Waals surface area contributed by atoms with Gasteiger partial charge in [0.15, 0.2) is 17.3 Å². The van der Waals surface area contributed by atoms with Crippen molar-refractivity contribution in [3.8, 4) is 0 Å². The molecule has 0 amide bonds. The van der Waals surface area contributed by atoms with Gasteiger partial charge >= 0.3 is 0 Å². The Labute approximate surface area is 168 Å². The van der Waals surface area contributed by atoms with Gasteiger partial charge in [0.2, 0.25) is 0 Å². The fraction of sp³-hybridized carbons (Fsp3) is 0.250. The van der Waals surface area contributed by atoms with Crippen LogP contribution in [0.2, 0.25) is 0 Å². The summed E-state index contributed by atoms with van der Waals surface area (Å²) < 4.78 is 45.3. The largest absolute Gasteiger partial charge is 0.399 e. The van der Waals surface area contributed by atoms with E-state index in [2.05, 4.69) is 0 Å². The van der Waals surface area contributed by atoms with Gasteiger partial charge in [-0.2, -0.15) is 0 Å². The Balaban J connectivity index is 1.63. The molecule has 1 aliphatic rings. The minimum atomic E-state index is -1.66. The van der Waals surface area contributed by atoms with Crippen molar-refractivity contribution >= 4 is 11.4 Å². The molecule has 3 aromatic carbocycles. The number of rotatable bonds is 4. The van der Waals surface area contributed by atoms with Crippen molar-refractivity contribution in [1.82, 2.24) is 0 Å². The van der Waals surface area contributed by atoms with Crippen LogP contribution in [0.25, 0.3) is 0 Å². The Kier molecular flexibility index (Phi) is 5.22. The molecular weight excluding hydrogens is 373 g/mol. The zero-order chi connectivity index (χ0) is 20.4. The molecule has 0 bridgehead atoms. The topological polar surface area (TPSA) is 29.3 Å². The van der Waals surface area contributed by atoms with Crippen molar-refractivity contribution in [1.29, 1.82) is 0 Å². The van der Waals surface area contributed by atoms with Gasteiger partial charge in [0.1, 0.15) is 5.69 Å². The molecule has 29 heavy (non-hydrogen) atoms. The van der Waals surface area contributed by atoms with Crippen LogP contribution in [0.4, 0.5) is 24.5 Å². The van der Waals surface area contributed by atoms with Crippen LogP contribution >= 0.6 is 0 Å². The Bertz CT molecular complexity index is 905. The van der Waals surface area contributed by atoms with Crippen LogP contribution in [0.1, 0.15) is 24.0 Å². The van der Waals surface area contributed by atoms with Crippen LogP contribution in [0.5, 0.6) is 0 Å². The third-order valence-corrected chi connectivity index (χ3v) is 5.80. The second-order valence-electron chi connectivity index (χ2n) is 7.54. The number of alkyl halides is 1. The van der Waals surface area contributed by atoms with Crippen molar-refractivity contribution in [2.75, 3.05) is 23.7 Å². The zero-order valence-corrected chi connectivity index (χ0v) is 16.0. The lowest BCUT2D eigenvalue weighted by atomic mass is 9.73. The summed E-state index contributed by atoms with van der Waals surface area (Å²) in [5.41, 5.74) is 5.04. The highest BCUT2D eigenvalue weighted by atomic mass is 19.1. The number of benzene rings is 3. The fourth-order valence-electron chi connectivity index (χ4n) is 4.39. The van der Waals surface area contributed by atoms with E-state index in [-0.39, 0.29) is 17.3 Å². The zero-order valence-electron chi connectivity index (χ0n) is 16.0. The second-order valence-corrected chi connectivity index (χ2v) is 7.54. The summed E-state index contributed by atoms with van der Waals surface area (Å²) >= 11 is 0. The molecule has 2 N–H and O–H groups in total. The summed E-state index contributed by atoms with van der Waals surface area (Å²) in [6.07, 6.45) is 0.951. The van der Waals surface area contributed by atoms with Crippen LogP contribution < -0.4 is 10.6 Å². The van der Waals surface area contributed by atoms with Crippen molar-refractivity contribution in [3.63, 3.8) is 0 Å². The van der Waals surface area contributed by atoms with Gasteiger partial charge in [-0.3, -0.25) is 0 Å². The van der Waals surface area contributed by atoms with Crippen LogP contribution in [0, 0.1) is 17.6 Å². The first-order valence-corrected chi connectivity index (χ1v) is 9.79. The van der Waals surface area contributed by atoms with E-state index in [1.807, 2.05) is 36.4 Å². The molecule has 0 spiro atoms. The van der Waals surface area contributed by atoms with Crippen molar-refractivity contribution in [2.45, 2.75) is 18.5 Å². The molecule has 3 aromatic rings. The minimum Gasteiger partial charge on any atom is -0.399 e. The van der Waals surface area contributed by atoms with E-state index in [1.165, 1.54) is 0 Å². The highest BCUT2D eigenvalue weighted by Crippen LogP contribution is 2.46. The first-order valence-electron chi connectivity index (χ1n) is 9.79. The van der Waals surface area contributed by atoms with Gasteiger partial charge < -0.3 is 10.6 Å². The monoisotopic (exact) mass is 396 g/mol. The van der Waals surface area contributed by atoms with Gasteiger partial charge in [-0.05, 0) is 36.1 Å². The van der Waals surface area contributed by atoms with E-state index in [1.54, 1.807) is 29.2 Å². The molecule has 150 valence electrons. The number of nitrogen functional groups attached to an aromatic ring is 1. The Morgan fingerprint density at radius 1 is 0.793 bits per heavy atom. The molecule has 1 heterocycles. The lowest BCUT2D eigenvalue weighted by Gasteiger charge is -2.41. The predicted molar refractivity (Wildman–Crippen MR) is 110 cm³/mol. The third kappa shape index (κ3) is 3.57. The van der Waals surface area contributed by atoms with E-state index in [0.717, 1.165) is 12.1 Å². The molecule has 0 atom stereocenters. The van der Waals surface area contributed by atoms with Crippen LogP contribution in [0.15, 0.2) is 72.8 Å². The maximum atomic E-state index is 16.7. The van der Waals surface area contributed by atoms with Gasteiger partial charge in [-0.25, -0.2) is 13.2 Å². The van der Waals surface area contributed by atoms with Gasteiger partial charge in [0.05, 0.1) is 0 Å².